The summed E-state index contributed by atoms with van der Waals surface area (Å²) in [6, 6.07) is 9.05. The van der Waals surface area contributed by atoms with E-state index in [0.29, 0.717) is 49.4 Å². The third-order valence-corrected chi connectivity index (χ3v) is 6.67. The zero-order chi connectivity index (χ0) is 24.1. The summed E-state index contributed by atoms with van der Waals surface area (Å²) in [5.74, 6) is 1.37. The number of aliphatic hydroxyl groups excluding tert-OH is 1. The summed E-state index contributed by atoms with van der Waals surface area (Å²) in [7, 11) is 3.58. The van der Waals surface area contributed by atoms with Crippen LogP contribution >= 0.6 is 0 Å². The molecule has 1 aromatic carbocycles. The van der Waals surface area contributed by atoms with E-state index in [9.17, 15) is 15.0 Å². The summed E-state index contributed by atoms with van der Waals surface area (Å²) in [4.78, 5) is 19.7. The lowest BCUT2D eigenvalue weighted by Crippen LogP contribution is -2.49. The minimum Gasteiger partial charge on any atom is -0.508 e. The van der Waals surface area contributed by atoms with Crippen molar-refractivity contribution < 1.29 is 19.7 Å². The molecule has 0 unspecified atom stereocenters. The smallest absolute Gasteiger partial charge is 0.251 e. The number of carbonyl (C=O) groups excluding carboxylic acids is 1. The van der Waals surface area contributed by atoms with Crippen LogP contribution in [-0.2, 0) is 17.7 Å². The van der Waals surface area contributed by atoms with Crippen molar-refractivity contribution in [3.8, 4) is 5.75 Å². The number of fused-ring (bicyclic) bond motifs is 1. The van der Waals surface area contributed by atoms with Crippen molar-refractivity contribution in [2.75, 3.05) is 44.1 Å². The lowest BCUT2D eigenvalue weighted by Gasteiger charge is -2.30. The number of aromatic hydroxyl groups is 1. The number of phenolic OH excluding ortho intramolecular Hbond substituents is 1. The lowest BCUT2D eigenvalue weighted by molar-refractivity contribution is 0.0870. The standard InChI is InChI=1S/C25H35N5O4/c1-30(8-9-34-2)24-13-17(12-23(29-24)28-19-4-3-5-19)25(33)27-15-22(32)21-11-16-6-7-20(31)10-18(16)14-26-21/h6-7,10,12-13,19,21-22,26,31-32H,3-5,8-9,11,14-15H2,1-2H3,(H,27,33)(H,28,29)/t21-,22+/m0/s1. The highest BCUT2D eigenvalue weighted by Gasteiger charge is 2.25. The highest BCUT2D eigenvalue weighted by Crippen LogP contribution is 2.25. The molecule has 184 valence electrons. The molecule has 1 aromatic heterocycles. The highest BCUT2D eigenvalue weighted by molar-refractivity contribution is 5.95. The molecule has 2 atom stereocenters. The number of rotatable bonds is 10. The molecule has 1 aliphatic heterocycles. The molecule has 0 spiro atoms. The summed E-state index contributed by atoms with van der Waals surface area (Å²) >= 11 is 0. The van der Waals surface area contributed by atoms with Crippen molar-refractivity contribution in [1.82, 2.24) is 15.6 Å². The number of aromatic nitrogens is 1. The first-order valence-corrected chi connectivity index (χ1v) is 11.9. The van der Waals surface area contributed by atoms with Crippen molar-refractivity contribution in [3.63, 3.8) is 0 Å². The van der Waals surface area contributed by atoms with Gasteiger partial charge in [-0.3, -0.25) is 4.79 Å². The summed E-state index contributed by atoms with van der Waals surface area (Å²) in [5, 5.41) is 30.0. The van der Waals surface area contributed by atoms with E-state index in [1.807, 2.05) is 18.0 Å². The Hall–Kier alpha value is -2.88. The summed E-state index contributed by atoms with van der Waals surface area (Å²) in [6.45, 7) is 1.91. The van der Waals surface area contributed by atoms with Crippen molar-refractivity contribution >= 4 is 17.5 Å². The second-order valence-corrected chi connectivity index (χ2v) is 9.21. The molecule has 4 rings (SSSR count). The van der Waals surface area contributed by atoms with Gasteiger partial charge in [0.25, 0.3) is 5.91 Å². The van der Waals surface area contributed by atoms with Crippen molar-refractivity contribution in [2.45, 2.75) is 50.4 Å². The number of phenols is 1. The molecule has 5 N–H and O–H groups in total. The van der Waals surface area contributed by atoms with E-state index in [1.54, 1.807) is 31.4 Å². The average Bonchev–Trinajstić information content (AvgIpc) is 2.82. The molecule has 9 nitrogen and oxygen atoms in total. The van der Waals surface area contributed by atoms with Crippen LogP contribution in [-0.4, -0.2) is 73.1 Å². The maximum atomic E-state index is 13.0. The van der Waals surface area contributed by atoms with Gasteiger partial charge in [0.1, 0.15) is 17.4 Å². The molecule has 2 heterocycles. The number of ether oxygens (including phenoxy) is 1. The van der Waals surface area contributed by atoms with Crippen LogP contribution in [0.3, 0.4) is 0 Å². The number of amides is 1. The number of hydrogen-bond donors (Lipinski definition) is 5. The van der Waals surface area contributed by atoms with Crippen LogP contribution in [0.25, 0.3) is 0 Å². The van der Waals surface area contributed by atoms with E-state index in [1.165, 1.54) is 6.42 Å². The van der Waals surface area contributed by atoms with E-state index in [2.05, 4.69) is 20.9 Å². The Bertz CT molecular complexity index is 997. The number of carbonyl (C=O) groups is 1. The fourth-order valence-corrected chi connectivity index (χ4v) is 4.26. The number of benzene rings is 1. The Morgan fingerprint density at radius 3 is 2.85 bits per heavy atom. The number of hydrogen-bond acceptors (Lipinski definition) is 8. The average molecular weight is 470 g/mol. The zero-order valence-corrected chi connectivity index (χ0v) is 19.9. The molecule has 34 heavy (non-hydrogen) atoms. The maximum Gasteiger partial charge on any atom is 0.251 e. The molecule has 0 radical (unpaired) electrons. The minimum atomic E-state index is -0.746. The first-order chi connectivity index (χ1) is 16.4. The third kappa shape index (κ3) is 5.97. The van der Waals surface area contributed by atoms with Crippen LogP contribution < -0.4 is 20.9 Å². The van der Waals surface area contributed by atoms with Crippen LogP contribution in [0.1, 0.15) is 40.7 Å². The van der Waals surface area contributed by atoms with Gasteiger partial charge in [-0.1, -0.05) is 6.07 Å². The third-order valence-electron chi connectivity index (χ3n) is 6.67. The van der Waals surface area contributed by atoms with Crippen LogP contribution in [0.15, 0.2) is 30.3 Å². The second kappa shape index (κ2) is 11.0. The number of nitrogens with zero attached hydrogens (tertiary/aromatic N) is 2. The van der Waals surface area contributed by atoms with Crippen LogP contribution in [0, 0.1) is 0 Å². The lowest BCUT2D eigenvalue weighted by atomic mass is 9.92. The van der Waals surface area contributed by atoms with Gasteiger partial charge in [-0.2, -0.15) is 0 Å². The maximum absolute atomic E-state index is 13.0. The molecule has 0 bridgehead atoms. The highest BCUT2D eigenvalue weighted by atomic mass is 16.5. The molecule has 1 amide bonds. The van der Waals surface area contributed by atoms with Gasteiger partial charge in [-0.25, -0.2) is 4.98 Å². The molecular weight excluding hydrogens is 434 g/mol. The predicted octanol–water partition coefficient (Wildman–Crippen LogP) is 1.64. The molecule has 1 aliphatic carbocycles. The van der Waals surface area contributed by atoms with E-state index in [-0.39, 0.29) is 24.2 Å². The van der Waals surface area contributed by atoms with Crippen LogP contribution in [0.5, 0.6) is 5.75 Å². The van der Waals surface area contributed by atoms with Crippen molar-refractivity contribution in [3.05, 3.63) is 47.0 Å². The number of likely N-dealkylation sites (N-methyl/N-ethyl adjacent to an activating group) is 1. The Kier molecular flexibility index (Phi) is 7.87. The molecule has 2 aliphatic rings. The topological polar surface area (TPSA) is 119 Å². The van der Waals surface area contributed by atoms with Crippen LogP contribution in [0.4, 0.5) is 11.6 Å². The van der Waals surface area contributed by atoms with E-state index < -0.39 is 6.10 Å². The molecule has 9 heteroatoms. The van der Waals surface area contributed by atoms with Gasteiger partial charge in [-0.05, 0) is 61.1 Å². The predicted molar refractivity (Wildman–Crippen MR) is 131 cm³/mol. The van der Waals surface area contributed by atoms with Gasteiger partial charge in [0, 0.05) is 51.4 Å². The summed E-state index contributed by atoms with van der Waals surface area (Å²) < 4.78 is 5.17. The van der Waals surface area contributed by atoms with Gasteiger partial charge in [0.05, 0.1) is 12.7 Å². The minimum absolute atomic E-state index is 0.131. The largest absolute Gasteiger partial charge is 0.508 e. The monoisotopic (exact) mass is 469 g/mol. The fraction of sp³-hybridized carbons (Fsp3) is 0.520. The Morgan fingerprint density at radius 1 is 1.29 bits per heavy atom. The van der Waals surface area contributed by atoms with E-state index in [0.717, 1.165) is 24.0 Å². The molecular formula is C25H35N5O4. The number of nitrogens with one attached hydrogen (secondary N) is 3. The Morgan fingerprint density at radius 2 is 2.12 bits per heavy atom. The fourth-order valence-electron chi connectivity index (χ4n) is 4.26. The van der Waals surface area contributed by atoms with E-state index >= 15 is 0 Å². The quantitative estimate of drug-likeness (QED) is 0.356. The van der Waals surface area contributed by atoms with Gasteiger partial charge in [0.2, 0.25) is 0 Å². The Balaban J connectivity index is 1.40. The van der Waals surface area contributed by atoms with Gasteiger partial charge >= 0.3 is 0 Å². The zero-order valence-electron chi connectivity index (χ0n) is 19.9. The Labute approximate surface area is 200 Å². The van der Waals surface area contributed by atoms with Gasteiger partial charge < -0.3 is 35.8 Å². The first-order valence-electron chi connectivity index (χ1n) is 11.9. The van der Waals surface area contributed by atoms with Crippen LogP contribution in [0.2, 0.25) is 0 Å². The summed E-state index contributed by atoms with van der Waals surface area (Å²) in [5.41, 5.74) is 2.62. The number of anilines is 2. The summed E-state index contributed by atoms with van der Waals surface area (Å²) in [6.07, 6.45) is 3.30. The second-order valence-electron chi connectivity index (χ2n) is 9.21. The van der Waals surface area contributed by atoms with Gasteiger partial charge in [0.15, 0.2) is 0 Å². The molecule has 2 aromatic rings. The number of methoxy groups -OCH3 is 1. The van der Waals surface area contributed by atoms with Crippen molar-refractivity contribution in [2.24, 2.45) is 0 Å². The van der Waals surface area contributed by atoms with Crippen molar-refractivity contribution in [1.29, 1.82) is 0 Å². The number of aliphatic hydroxyl groups is 1. The number of pyridine rings is 1. The first kappa shape index (κ1) is 24.3. The molecule has 0 saturated heterocycles. The normalized spacial score (nSPS) is 18.5. The molecule has 1 fully saturated rings. The molecule has 1 saturated carbocycles. The SMILES string of the molecule is COCCN(C)c1cc(C(=O)NC[C@@H](O)[C@@H]2Cc3ccc(O)cc3CN2)cc(NC2CCC2)n1. The van der Waals surface area contributed by atoms with Gasteiger partial charge in [-0.15, -0.1) is 0 Å². The van der Waals surface area contributed by atoms with E-state index in [4.69, 9.17) is 4.74 Å².